The van der Waals surface area contributed by atoms with Gasteiger partial charge in [0, 0.05) is 0 Å². The van der Waals surface area contributed by atoms with E-state index >= 15 is 0 Å². The maximum atomic E-state index is 9.21. The fourth-order valence-corrected chi connectivity index (χ4v) is 1.43. The molecule has 0 aromatic carbocycles. The van der Waals surface area contributed by atoms with Gasteiger partial charge in [-0.15, -0.1) is 0 Å². The molecule has 1 aliphatic carbocycles. The summed E-state index contributed by atoms with van der Waals surface area (Å²) in [5.74, 6) is -0.164. The Kier molecular flexibility index (Phi) is 2.49. The van der Waals surface area contributed by atoms with Crippen LogP contribution < -0.4 is 0 Å². The van der Waals surface area contributed by atoms with Crippen molar-refractivity contribution >= 4 is 0 Å². The van der Waals surface area contributed by atoms with Crippen LogP contribution in [0.4, 0.5) is 0 Å². The molecule has 0 spiro atoms. The van der Waals surface area contributed by atoms with Crippen LogP contribution in [0.1, 0.15) is 13.3 Å². The second-order valence-electron chi connectivity index (χ2n) is 3.25. The predicted octanol–water partition coefficient (Wildman–Crippen LogP) is -1.53. The third-order valence-corrected chi connectivity index (χ3v) is 2.29. The monoisotopic (exact) mass is 162 g/mol. The summed E-state index contributed by atoms with van der Waals surface area (Å²) in [6.07, 6.45) is -3.92. The lowest BCUT2D eigenvalue weighted by Crippen LogP contribution is -2.52. The largest absolute Gasteiger partial charge is 0.390 e. The molecule has 4 nitrogen and oxygen atoms in total. The first-order valence-electron chi connectivity index (χ1n) is 3.76. The van der Waals surface area contributed by atoms with Gasteiger partial charge in [-0.3, -0.25) is 0 Å². The number of hydrogen-bond donors (Lipinski definition) is 4. The first-order valence-corrected chi connectivity index (χ1v) is 3.76. The van der Waals surface area contributed by atoms with Gasteiger partial charge in [0.15, 0.2) is 0 Å². The first kappa shape index (κ1) is 8.93. The Morgan fingerprint density at radius 2 is 1.45 bits per heavy atom. The molecular weight excluding hydrogens is 148 g/mol. The topological polar surface area (TPSA) is 80.9 Å². The van der Waals surface area contributed by atoms with Gasteiger partial charge in [-0.05, 0) is 12.3 Å². The fourth-order valence-electron chi connectivity index (χ4n) is 1.43. The summed E-state index contributed by atoms with van der Waals surface area (Å²) in [6, 6.07) is 0. The van der Waals surface area contributed by atoms with E-state index in [0.29, 0.717) is 6.42 Å². The average Bonchev–Trinajstić information content (AvgIpc) is 1.97. The van der Waals surface area contributed by atoms with E-state index in [1.165, 1.54) is 0 Å². The van der Waals surface area contributed by atoms with Gasteiger partial charge in [0.2, 0.25) is 0 Å². The fraction of sp³-hybridized carbons (Fsp3) is 1.00. The molecular formula is C7H14O4. The van der Waals surface area contributed by atoms with E-state index < -0.39 is 24.4 Å². The molecule has 1 rings (SSSR count). The molecule has 5 atom stereocenters. The molecule has 4 N–H and O–H groups in total. The molecule has 0 aromatic heterocycles. The number of hydrogen-bond acceptors (Lipinski definition) is 4. The maximum Gasteiger partial charge on any atom is 0.108 e. The lowest BCUT2D eigenvalue weighted by molar-refractivity contribution is -0.154. The highest BCUT2D eigenvalue weighted by Crippen LogP contribution is 2.24. The van der Waals surface area contributed by atoms with Gasteiger partial charge in [0.1, 0.15) is 12.2 Å². The standard InChI is InChI=1S/C7H14O4/c1-3-2-4(8)6(10)7(11)5(3)9/h3-11H,2H2,1H3/t3?,4-,5-,6+,7+/m1/s1. The summed E-state index contributed by atoms with van der Waals surface area (Å²) in [7, 11) is 0. The van der Waals surface area contributed by atoms with Crippen LogP contribution in [0, 0.1) is 5.92 Å². The number of rotatable bonds is 0. The molecule has 0 heterocycles. The van der Waals surface area contributed by atoms with Crippen LogP contribution in [-0.2, 0) is 0 Å². The van der Waals surface area contributed by atoms with E-state index in [9.17, 15) is 5.11 Å². The van der Waals surface area contributed by atoms with Crippen molar-refractivity contribution in [1.29, 1.82) is 0 Å². The van der Waals surface area contributed by atoms with Crippen molar-refractivity contribution in [3.8, 4) is 0 Å². The van der Waals surface area contributed by atoms with Crippen LogP contribution in [0.25, 0.3) is 0 Å². The van der Waals surface area contributed by atoms with E-state index in [2.05, 4.69) is 0 Å². The lowest BCUT2D eigenvalue weighted by Gasteiger charge is -2.36. The minimum Gasteiger partial charge on any atom is -0.390 e. The summed E-state index contributed by atoms with van der Waals surface area (Å²) < 4.78 is 0. The van der Waals surface area contributed by atoms with Crippen LogP contribution in [0.3, 0.4) is 0 Å². The predicted molar refractivity (Wildman–Crippen MR) is 37.8 cm³/mol. The van der Waals surface area contributed by atoms with Gasteiger partial charge < -0.3 is 20.4 Å². The molecule has 4 heteroatoms. The minimum absolute atomic E-state index is 0.164. The SMILES string of the molecule is CC1C[C@@H](O)[C@H](O)[C@@H](O)[C@@H]1O. The Balaban J connectivity index is 2.63. The van der Waals surface area contributed by atoms with E-state index in [-0.39, 0.29) is 5.92 Å². The van der Waals surface area contributed by atoms with E-state index in [4.69, 9.17) is 15.3 Å². The van der Waals surface area contributed by atoms with Crippen molar-refractivity contribution in [1.82, 2.24) is 0 Å². The lowest BCUT2D eigenvalue weighted by atomic mass is 9.82. The summed E-state index contributed by atoms with van der Waals surface area (Å²) >= 11 is 0. The molecule has 0 saturated heterocycles. The molecule has 11 heavy (non-hydrogen) atoms. The average molecular weight is 162 g/mol. The van der Waals surface area contributed by atoms with Crippen LogP contribution >= 0.6 is 0 Å². The van der Waals surface area contributed by atoms with Gasteiger partial charge in [0.25, 0.3) is 0 Å². The minimum atomic E-state index is -1.21. The highest BCUT2D eigenvalue weighted by Gasteiger charge is 2.39. The quantitative estimate of drug-likeness (QED) is 0.348. The van der Waals surface area contributed by atoms with Crippen molar-refractivity contribution in [3.63, 3.8) is 0 Å². The maximum absolute atomic E-state index is 9.21. The molecule has 0 bridgehead atoms. The summed E-state index contributed by atoms with van der Waals surface area (Å²) in [5, 5.41) is 36.5. The zero-order valence-corrected chi connectivity index (χ0v) is 6.38. The molecule has 1 unspecified atom stereocenters. The highest BCUT2D eigenvalue weighted by atomic mass is 16.4. The van der Waals surface area contributed by atoms with Crippen LogP contribution in [0.15, 0.2) is 0 Å². The molecule has 1 fully saturated rings. The van der Waals surface area contributed by atoms with Gasteiger partial charge in [-0.2, -0.15) is 0 Å². The highest BCUT2D eigenvalue weighted by molar-refractivity contribution is 4.90. The summed E-state index contributed by atoms with van der Waals surface area (Å²) in [4.78, 5) is 0. The van der Waals surface area contributed by atoms with Crippen molar-refractivity contribution in [3.05, 3.63) is 0 Å². The third kappa shape index (κ3) is 1.54. The Morgan fingerprint density at radius 3 is 2.00 bits per heavy atom. The van der Waals surface area contributed by atoms with Crippen LogP contribution in [-0.4, -0.2) is 44.8 Å². The zero-order chi connectivity index (χ0) is 8.59. The number of aliphatic hydroxyl groups is 4. The number of aliphatic hydroxyl groups excluding tert-OH is 4. The molecule has 0 aliphatic heterocycles. The smallest absolute Gasteiger partial charge is 0.108 e. The van der Waals surface area contributed by atoms with Gasteiger partial charge >= 0.3 is 0 Å². The molecule has 66 valence electrons. The van der Waals surface area contributed by atoms with E-state index in [1.807, 2.05) is 0 Å². The zero-order valence-electron chi connectivity index (χ0n) is 6.38. The Bertz CT molecular complexity index is 124. The van der Waals surface area contributed by atoms with Crippen molar-refractivity contribution in [2.75, 3.05) is 0 Å². The normalized spacial score (nSPS) is 52.6. The van der Waals surface area contributed by atoms with E-state index in [1.54, 1.807) is 6.92 Å². The van der Waals surface area contributed by atoms with E-state index in [0.717, 1.165) is 0 Å². The Hall–Kier alpha value is -0.160. The molecule has 0 radical (unpaired) electrons. The van der Waals surface area contributed by atoms with Crippen molar-refractivity contribution < 1.29 is 20.4 Å². The van der Waals surface area contributed by atoms with Crippen molar-refractivity contribution in [2.24, 2.45) is 5.92 Å². The molecule has 1 saturated carbocycles. The van der Waals surface area contributed by atoms with Crippen molar-refractivity contribution in [2.45, 2.75) is 37.8 Å². The van der Waals surface area contributed by atoms with Crippen LogP contribution in [0.2, 0.25) is 0 Å². The second kappa shape index (κ2) is 3.06. The summed E-state index contributed by atoms with van der Waals surface area (Å²) in [6.45, 7) is 1.73. The first-order chi connectivity index (χ1) is 5.04. The molecule has 0 aromatic rings. The Labute approximate surface area is 65.1 Å². The molecule has 1 aliphatic rings. The van der Waals surface area contributed by atoms with Crippen LogP contribution in [0.5, 0.6) is 0 Å². The second-order valence-corrected chi connectivity index (χ2v) is 3.25. The third-order valence-electron chi connectivity index (χ3n) is 2.29. The van der Waals surface area contributed by atoms with Gasteiger partial charge in [0.05, 0.1) is 12.2 Å². The van der Waals surface area contributed by atoms with Gasteiger partial charge in [-0.1, -0.05) is 6.92 Å². The molecule has 0 amide bonds. The Morgan fingerprint density at radius 1 is 0.909 bits per heavy atom. The van der Waals surface area contributed by atoms with Gasteiger partial charge in [-0.25, -0.2) is 0 Å². The summed E-state index contributed by atoms with van der Waals surface area (Å²) in [5.41, 5.74) is 0.